The van der Waals surface area contributed by atoms with E-state index in [9.17, 15) is 0 Å². The lowest BCUT2D eigenvalue weighted by Gasteiger charge is -2.35. The summed E-state index contributed by atoms with van der Waals surface area (Å²) in [6, 6.07) is 10.0. The lowest BCUT2D eigenvalue weighted by molar-refractivity contribution is 0.137. The highest BCUT2D eigenvalue weighted by atomic mass is 79.9. The zero-order chi connectivity index (χ0) is 14.6. The van der Waals surface area contributed by atoms with Crippen molar-refractivity contribution in [2.75, 3.05) is 11.9 Å². The lowest BCUT2D eigenvalue weighted by Crippen LogP contribution is -2.39. The molecule has 0 aliphatic carbocycles. The molecule has 1 aromatic rings. The smallest absolute Gasteiger partial charge is 0.0236 e. The molecule has 0 radical (unpaired) electrons. The zero-order valence-corrected chi connectivity index (χ0v) is 14.7. The minimum absolute atomic E-state index is 0.252. The van der Waals surface area contributed by atoms with Crippen LogP contribution in [-0.2, 0) is 12.0 Å². The molecule has 1 fully saturated rings. The van der Waals surface area contributed by atoms with Crippen molar-refractivity contribution in [2.24, 2.45) is 0 Å². The fourth-order valence-corrected chi connectivity index (χ4v) is 3.59. The average molecular weight is 338 g/mol. The fraction of sp³-hybridized carbons (Fsp3) is 0.667. The molecule has 20 heavy (non-hydrogen) atoms. The Balaban J connectivity index is 2.01. The molecule has 1 atom stereocenters. The number of benzene rings is 1. The van der Waals surface area contributed by atoms with E-state index in [4.69, 9.17) is 0 Å². The first kappa shape index (κ1) is 16.0. The van der Waals surface area contributed by atoms with Gasteiger partial charge in [0.05, 0.1) is 0 Å². The monoisotopic (exact) mass is 337 g/mol. The Labute approximate surface area is 132 Å². The Hall–Kier alpha value is -0.340. The summed E-state index contributed by atoms with van der Waals surface area (Å²) in [5.74, 6) is 0. The van der Waals surface area contributed by atoms with E-state index in [1.165, 1.54) is 43.4 Å². The molecule has 0 saturated carbocycles. The van der Waals surface area contributed by atoms with E-state index in [1.807, 2.05) is 0 Å². The van der Waals surface area contributed by atoms with Gasteiger partial charge in [-0.3, -0.25) is 4.90 Å². The maximum atomic E-state index is 3.60. The summed E-state index contributed by atoms with van der Waals surface area (Å²) in [5, 5.41) is 1.12. The van der Waals surface area contributed by atoms with Crippen LogP contribution in [0.1, 0.15) is 57.6 Å². The second-order valence-corrected chi connectivity index (χ2v) is 7.84. The van der Waals surface area contributed by atoms with E-state index < -0.39 is 0 Å². The van der Waals surface area contributed by atoms with Gasteiger partial charge in [0.2, 0.25) is 0 Å². The highest BCUT2D eigenvalue weighted by molar-refractivity contribution is 9.09. The van der Waals surface area contributed by atoms with E-state index in [0.29, 0.717) is 0 Å². The predicted molar refractivity (Wildman–Crippen MR) is 91.6 cm³/mol. The zero-order valence-electron chi connectivity index (χ0n) is 13.2. The number of alkyl halides is 1. The molecule has 0 aromatic heterocycles. The maximum absolute atomic E-state index is 3.60. The van der Waals surface area contributed by atoms with Crippen LogP contribution in [0.4, 0.5) is 0 Å². The van der Waals surface area contributed by atoms with Gasteiger partial charge in [-0.2, -0.15) is 0 Å². The Bertz CT molecular complexity index is 402. The lowest BCUT2D eigenvalue weighted by atomic mass is 9.86. The van der Waals surface area contributed by atoms with Gasteiger partial charge in [-0.1, -0.05) is 67.4 Å². The number of rotatable bonds is 4. The first-order valence-corrected chi connectivity index (χ1v) is 9.02. The van der Waals surface area contributed by atoms with Crippen LogP contribution < -0.4 is 0 Å². The maximum Gasteiger partial charge on any atom is 0.0236 e. The molecule has 1 aliphatic heterocycles. The van der Waals surface area contributed by atoms with Crippen LogP contribution >= 0.6 is 15.9 Å². The molecule has 0 N–H and O–H groups in total. The summed E-state index contributed by atoms with van der Waals surface area (Å²) < 4.78 is 0. The number of hydrogen-bond donors (Lipinski definition) is 0. The summed E-state index contributed by atoms with van der Waals surface area (Å²) >= 11 is 3.60. The van der Waals surface area contributed by atoms with Gasteiger partial charge in [0.15, 0.2) is 0 Å². The van der Waals surface area contributed by atoms with E-state index in [2.05, 4.69) is 65.9 Å². The Morgan fingerprint density at radius 2 is 1.85 bits per heavy atom. The normalized spacial score (nSPS) is 21.1. The molecular weight excluding hydrogens is 310 g/mol. The van der Waals surface area contributed by atoms with Crippen molar-refractivity contribution in [3.63, 3.8) is 0 Å². The van der Waals surface area contributed by atoms with E-state index in [0.717, 1.165) is 17.9 Å². The van der Waals surface area contributed by atoms with E-state index in [1.54, 1.807) is 0 Å². The topological polar surface area (TPSA) is 3.24 Å². The highest BCUT2D eigenvalue weighted by Gasteiger charge is 2.22. The average Bonchev–Trinajstić information content (AvgIpc) is 2.41. The number of hydrogen-bond acceptors (Lipinski definition) is 1. The molecule has 2 rings (SSSR count). The van der Waals surface area contributed by atoms with Gasteiger partial charge in [0, 0.05) is 17.9 Å². The van der Waals surface area contributed by atoms with Crippen molar-refractivity contribution in [1.82, 2.24) is 4.90 Å². The molecule has 1 aromatic carbocycles. The van der Waals surface area contributed by atoms with Gasteiger partial charge in [0.1, 0.15) is 0 Å². The van der Waals surface area contributed by atoms with Crippen LogP contribution in [0.15, 0.2) is 24.3 Å². The number of piperidine rings is 1. The molecule has 112 valence electrons. The van der Waals surface area contributed by atoms with Crippen LogP contribution in [0, 0.1) is 0 Å². The van der Waals surface area contributed by atoms with Crippen LogP contribution in [0.3, 0.4) is 0 Å². The summed E-state index contributed by atoms with van der Waals surface area (Å²) in [6.45, 7) is 9.21. The second kappa shape index (κ2) is 7.09. The number of nitrogens with zero attached hydrogens (tertiary/aromatic N) is 1. The Morgan fingerprint density at radius 3 is 2.45 bits per heavy atom. The standard InChI is InChI=1S/C18H28BrN/c1-18(2,3)16-9-7-15(8-10-16)14-20-13-5-4-6-17(20)11-12-19/h7-10,17H,4-6,11-14H2,1-3H3. The Kier molecular flexibility index (Phi) is 5.68. The van der Waals surface area contributed by atoms with Crippen molar-refractivity contribution in [3.05, 3.63) is 35.4 Å². The quantitative estimate of drug-likeness (QED) is 0.689. The fourth-order valence-electron chi connectivity index (χ4n) is 3.07. The molecule has 1 heterocycles. The molecule has 1 nitrogen and oxygen atoms in total. The van der Waals surface area contributed by atoms with Crippen LogP contribution in [0.5, 0.6) is 0 Å². The molecular formula is C18H28BrN. The summed E-state index contributed by atoms with van der Waals surface area (Å²) in [7, 11) is 0. The third-order valence-electron chi connectivity index (χ3n) is 4.40. The second-order valence-electron chi connectivity index (χ2n) is 7.04. The largest absolute Gasteiger partial charge is 0.296 e. The van der Waals surface area contributed by atoms with Gasteiger partial charge in [-0.05, 0) is 42.3 Å². The minimum atomic E-state index is 0.252. The molecule has 2 heteroatoms. The number of halogens is 1. The van der Waals surface area contributed by atoms with E-state index >= 15 is 0 Å². The third kappa shape index (κ3) is 4.33. The van der Waals surface area contributed by atoms with Crippen LogP contribution in [-0.4, -0.2) is 22.8 Å². The van der Waals surface area contributed by atoms with Crippen LogP contribution in [0.2, 0.25) is 0 Å². The predicted octanol–water partition coefficient (Wildman–Crippen LogP) is 5.12. The van der Waals surface area contributed by atoms with Crippen molar-refractivity contribution < 1.29 is 0 Å². The SMILES string of the molecule is CC(C)(C)c1ccc(CN2CCCCC2CCBr)cc1. The van der Waals surface area contributed by atoms with Gasteiger partial charge in [0.25, 0.3) is 0 Å². The van der Waals surface area contributed by atoms with Gasteiger partial charge in [-0.15, -0.1) is 0 Å². The first-order valence-electron chi connectivity index (χ1n) is 7.90. The highest BCUT2D eigenvalue weighted by Crippen LogP contribution is 2.25. The molecule has 0 spiro atoms. The summed E-state index contributed by atoms with van der Waals surface area (Å²) in [5.41, 5.74) is 3.14. The Morgan fingerprint density at radius 1 is 1.15 bits per heavy atom. The first-order chi connectivity index (χ1) is 9.50. The van der Waals surface area contributed by atoms with Crippen molar-refractivity contribution in [3.8, 4) is 0 Å². The van der Waals surface area contributed by atoms with Gasteiger partial charge < -0.3 is 0 Å². The van der Waals surface area contributed by atoms with Crippen LogP contribution in [0.25, 0.3) is 0 Å². The molecule has 1 saturated heterocycles. The van der Waals surface area contributed by atoms with Crippen molar-refractivity contribution in [2.45, 2.75) is 64.5 Å². The summed E-state index contributed by atoms with van der Waals surface area (Å²) in [4.78, 5) is 2.68. The molecule has 0 amide bonds. The summed E-state index contributed by atoms with van der Waals surface area (Å²) in [6.07, 6.45) is 5.40. The van der Waals surface area contributed by atoms with Crippen molar-refractivity contribution in [1.29, 1.82) is 0 Å². The van der Waals surface area contributed by atoms with Gasteiger partial charge >= 0.3 is 0 Å². The third-order valence-corrected chi connectivity index (χ3v) is 4.85. The molecule has 0 bridgehead atoms. The molecule has 1 unspecified atom stereocenters. The molecule has 1 aliphatic rings. The van der Waals surface area contributed by atoms with E-state index in [-0.39, 0.29) is 5.41 Å². The van der Waals surface area contributed by atoms with Gasteiger partial charge in [-0.25, -0.2) is 0 Å². The minimum Gasteiger partial charge on any atom is -0.296 e. The number of likely N-dealkylation sites (tertiary alicyclic amines) is 1. The van der Waals surface area contributed by atoms with Crippen molar-refractivity contribution >= 4 is 15.9 Å².